The number of carbonyl (C=O) groups excluding carboxylic acids is 2. The maximum atomic E-state index is 11.6. The van der Waals surface area contributed by atoms with E-state index in [2.05, 4.69) is 15.9 Å². The van der Waals surface area contributed by atoms with Crippen LogP contribution in [0.2, 0.25) is 0 Å². The highest BCUT2D eigenvalue weighted by Crippen LogP contribution is 2.22. The summed E-state index contributed by atoms with van der Waals surface area (Å²) in [6, 6.07) is 1.48. The Bertz CT molecular complexity index is 410. The molecule has 0 aliphatic heterocycles. The van der Waals surface area contributed by atoms with Crippen molar-refractivity contribution in [3.05, 3.63) is 22.1 Å². The Kier molecular flexibility index (Phi) is 5.21. The predicted molar refractivity (Wildman–Crippen MR) is 62.7 cm³/mol. The van der Waals surface area contributed by atoms with Gasteiger partial charge in [0.05, 0.1) is 13.2 Å². The summed E-state index contributed by atoms with van der Waals surface area (Å²) < 4.78 is 15.2. The van der Waals surface area contributed by atoms with E-state index in [0.29, 0.717) is 4.67 Å². The van der Waals surface area contributed by atoms with Crippen LogP contribution in [0.5, 0.6) is 0 Å². The van der Waals surface area contributed by atoms with Crippen molar-refractivity contribution in [3.63, 3.8) is 0 Å². The van der Waals surface area contributed by atoms with E-state index < -0.39 is 11.9 Å². The SMILES string of the molecule is CCOC(=O)Cc1oc(Br)cc1C(=O)OCC. The van der Waals surface area contributed by atoms with Crippen LogP contribution in [-0.4, -0.2) is 25.2 Å². The first-order valence-electron chi connectivity index (χ1n) is 5.19. The number of halogens is 1. The molecule has 0 aromatic carbocycles. The van der Waals surface area contributed by atoms with Gasteiger partial charge in [-0.05, 0) is 29.8 Å². The summed E-state index contributed by atoms with van der Waals surface area (Å²) in [5.41, 5.74) is 0.242. The third-order valence-corrected chi connectivity index (χ3v) is 2.28. The van der Waals surface area contributed by atoms with E-state index in [0.717, 1.165) is 0 Å². The van der Waals surface area contributed by atoms with Gasteiger partial charge in [-0.25, -0.2) is 4.79 Å². The van der Waals surface area contributed by atoms with E-state index in [1.54, 1.807) is 13.8 Å². The van der Waals surface area contributed by atoms with Gasteiger partial charge < -0.3 is 13.9 Å². The minimum absolute atomic E-state index is 0.0897. The summed E-state index contributed by atoms with van der Waals surface area (Å²) in [6.45, 7) is 3.97. The molecular formula is C11H13BrO5. The van der Waals surface area contributed by atoms with Crippen molar-refractivity contribution in [2.24, 2.45) is 0 Å². The quantitative estimate of drug-likeness (QED) is 0.781. The number of ether oxygens (including phenoxy) is 2. The van der Waals surface area contributed by atoms with Crippen LogP contribution in [0.15, 0.2) is 15.2 Å². The van der Waals surface area contributed by atoms with Gasteiger partial charge in [0.25, 0.3) is 0 Å². The number of esters is 2. The van der Waals surface area contributed by atoms with Gasteiger partial charge in [0.1, 0.15) is 17.7 Å². The van der Waals surface area contributed by atoms with Gasteiger partial charge in [0.2, 0.25) is 0 Å². The van der Waals surface area contributed by atoms with Crippen molar-refractivity contribution in [1.29, 1.82) is 0 Å². The highest BCUT2D eigenvalue weighted by atomic mass is 79.9. The molecule has 0 N–H and O–H groups in total. The Balaban J connectivity index is 2.84. The summed E-state index contributed by atoms with van der Waals surface area (Å²) in [4.78, 5) is 22.9. The smallest absolute Gasteiger partial charge is 0.341 e. The Hall–Kier alpha value is -1.30. The fourth-order valence-corrected chi connectivity index (χ4v) is 1.68. The monoisotopic (exact) mass is 304 g/mol. The Labute approximate surface area is 107 Å². The molecule has 0 aliphatic carbocycles. The molecule has 1 rings (SSSR count). The zero-order chi connectivity index (χ0) is 12.8. The standard InChI is InChI=1S/C11H13BrO5/c1-3-15-10(13)6-8-7(5-9(12)17-8)11(14)16-4-2/h5H,3-4,6H2,1-2H3. The largest absolute Gasteiger partial charge is 0.466 e. The fraction of sp³-hybridized carbons (Fsp3) is 0.455. The first-order chi connectivity index (χ1) is 8.08. The van der Waals surface area contributed by atoms with E-state index in [1.165, 1.54) is 6.07 Å². The Morgan fingerprint density at radius 1 is 1.29 bits per heavy atom. The lowest BCUT2D eigenvalue weighted by Gasteiger charge is -2.02. The normalized spacial score (nSPS) is 10.1. The molecule has 0 saturated carbocycles. The van der Waals surface area contributed by atoms with Crippen LogP contribution in [0.4, 0.5) is 0 Å². The van der Waals surface area contributed by atoms with Crippen molar-refractivity contribution in [2.75, 3.05) is 13.2 Å². The van der Waals surface area contributed by atoms with Crippen LogP contribution in [0.3, 0.4) is 0 Å². The number of rotatable bonds is 5. The van der Waals surface area contributed by atoms with Crippen LogP contribution in [0.1, 0.15) is 30.0 Å². The van der Waals surface area contributed by atoms with E-state index in [9.17, 15) is 9.59 Å². The van der Waals surface area contributed by atoms with Crippen molar-refractivity contribution in [2.45, 2.75) is 20.3 Å². The summed E-state index contributed by atoms with van der Waals surface area (Å²) >= 11 is 3.10. The first kappa shape index (κ1) is 13.8. The molecule has 0 atom stereocenters. The predicted octanol–water partition coefficient (Wildman–Crippen LogP) is 2.32. The summed E-state index contributed by atoms with van der Waals surface area (Å²) in [6.07, 6.45) is -0.0897. The molecule has 5 nitrogen and oxygen atoms in total. The van der Waals surface area contributed by atoms with Crippen LogP contribution >= 0.6 is 15.9 Å². The van der Waals surface area contributed by atoms with Gasteiger partial charge in [0, 0.05) is 6.07 Å². The third kappa shape index (κ3) is 3.89. The maximum absolute atomic E-state index is 11.6. The van der Waals surface area contributed by atoms with Gasteiger partial charge in [-0.15, -0.1) is 0 Å². The lowest BCUT2D eigenvalue weighted by molar-refractivity contribution is -0.142. The molecule has 0 aliphatic rings. The molecule has 0 spiro atoms. The zero-order valence-corrected chi connectivity index (χ0v) is 11.2. The number of furan rings is 1. The van der Waals surface area contributed by atoms with Crippen molar-refractivity contribution < 1.29 is 23.5 Å². The van der Waals surface area contributed by atoms with Gasteiger partial charge >= 0.3 is 11.9 Å². The summed E-state index contributed by atoms with van der Waals surface area (Å²) in [5, 5.41) is 0. The van der Waals surface area contributed by atoms with Gasteiger partial charge in [0.15, 0.2) is 4.67 Å². The van der Waals surface area contributed by atoms with Crippen molar-refractivity contribution in [1.82, 2.24) is 0 Å². The van der Waals surface area contributed by atoms with E-state index >= 15 is 0 Å². The van der Waals surface area contributed by atoms with Gasteiger partial charge in [-0.3, -0.25) is 4.79 Å². The molecule has 94 valence electrons. The second kappa shape index (κ2) is 6.44. The van der Waals surface area contributed by atoms with Crippen LogP contribution in [0, 0.1) is 0 Å². The molecule has 0 fully saturated rings. The average molecular weight is 305 g/mol. The number of carbonyl (C=O) groups is 2. The van der Waals surface area contributed by atoms with Crippen LogP contribution in [0.25, 0.3) is 0 Å². The molecule has 1 aromatic heterocycles. The summed E-state index contributed by atoms with van der Waals surface area (Å²) in [7, 11) is 0. The highest BCUT2D eigenvalue weighted by molar-refractivity contribution is 9.10. The maximum Gasteiger partial charge on any atom is 0.341 e. The molecule has 0 saturated heterocycles. The second-order valence-corrected chi connectivity index (χ2v) is 3.87. The zero-order valence-electron chi connectivity index (χ0n) is 9.62. The van der Waals surface area contributed by atoms with Crippen molar-refractivity contribution in [3.8, 4) is 0 Å². The number of hydrogen-bond acceptors (Lipinski definition) is 5. The second-order valence-electron chi connectivity index (χ2n) is 3.09. The lowest BCUT2D eigenvalue weighted by atomic mass is 10.2. The molecule has 0 amide bonds. The summed E-state index contributed by atoms with van der Waals surface area (Å²) in [5.74, 6) is -0.713. The van der Waals surface area contributed by atoms with Crippen molar-refractivity contribution >= 4 is 27.9 Å². The topological polar surface area (TPSA) is 65.7 Å². The van der Waals surface area contributed by atoms with Crippen LogP contribution < -0.4 is 0 Å². The molecule has 0 bridgehead atoms. The van der Waals surface area contributed by atoms with E-state index in [-0.39, 0.29) is 31.0 Å². The average Bonchev–Trinajstić information content (AvgIpc) is 2.60. The number of hydrogen-bond donors (Lipinski definition) is 0. The third-order valence-electron chi connectivity index (χ3n) is 1.88. The minimum atomic E-state index is -0.513. The minimum Gasteiger partial charge on any atom is -0.466 e. The molecule has 1 aromatic rings. The fourth-order valence-electron chi connectivity index (χ4n) is 1.25. The molecular weight excluding hydrogens is 292 g/mol. The first-order valence-corrected chi connectivity index (χ1v) is 5.98. The Morgan fingerprint density at radius 2 is 1.94 bits per heavy atom. The van der Waals surface area contributed by atoms with Gasteiger partial charge in [-0.1, -0.05) is 0 Å². The van der Waals surface area contributed by atoms with E-state index in [4.69, 9.17) is 13.9 Å². The highest BCUT2D eigenvalue weighted by Gasteiger charge is 2.20. The molecule has 0 radical (unpaired) electrons. The van der Waals surface area contributed by atoms with Gasteiger partial charge in [-0.2, -0.15) is 0 Å². The van der Waals surface area contributed by atoms with E-state index in [1.807, 2.05) is 0 Å². The Morgan fingerprint density at radius 3 is 2.53 bits per heavy atom. The van der Waals surface area contributed by atoms with Crippen LogP contribution in [-0.2, 0) is 20.7 Å². The molecule has 6 heteroatoms. The molecule has 0 unspecified atom stereocenters. The molecule has 17 heavy (non-hydrogen) atoms. The lowest BCUT2D eigenvalue weighted by Crippen LogP contribution is -2.11. The molecule has 1 heterocycles.